The molecule has 6 nitrogen and oxygen atoms in total. The summed E-state index contributed by atoms with van der Waals surface area (Å²) in [5.41, 5.74) is 5.62. The Bertz CT molecular complexity index is 422. The molecule has 3 N–H and O–H groups in total. The number of nitrogens with one attached hydrogen (secondary N) is 1. The number of halogens is 1. The van der Waals surface area contributed by atoms with Gasteiger partial charge in [-0.25, -0.2) is 0 Å². The van der Waals surface area contributed by atoms with Crippen LogP contribution in [0.3, 0.4) is 0 Å². The average molecular weight is 362 g/mol. The molecule has 4 atom stereocenters. The number of piperidine rings is 1. The van der Waals surface area contributed by atoms with Gasteiger partial charge in [0.05, 0.1) is 12.0 Å². The van der Waals surface area contributed by atoms with Crippen molar-refractivity contribution < 1.29 is 14.3 Å². The normalized spacial score (nSPS) is 29.9. The summed E-state index contributed by atoms with van der Waals surface area (Å²) in [5, 5.41) is 2.99. The summed E-state index contributed by atoms with van der Waals surface area (Å²) < 4.78 is 5.73. The second kappa shape index (κ2) is 10.2. The van der Waals surface area contributed by atoms with Crippen molar-refractivity contribution in [2.24, 2.45) is 11.7 Å². The van der Waals surface area contributed by atoms with E-state index < -0.39 is 0 Å². The maximum absolute atomic E-state index is 12.7. The van der Waals surface area contributed by atoms with Crippen molar-refractivity contribution in [3.05, 3.63) is 0 Å². The highest BCUT2D eigenvalue weighted by atomic mass is 35.5. The van der Waals surface area contributed by atoms with Crippen LogP contribution in [0.15, 0.2) is 0 Å². The van der Waals surface area contributed by atoms with Crippen LogP contribution in [-0.4, -0.2) is 54.6 Å². The molecule has 0 aliphatic carbocycles. The fraction of sp³-hybridized carbons (Fsp3) is 0.882. The first-order valence-corrected chi connectivity index (χ1v) is 9.00. The number of amides is 2. The monoisotopic (exact) mass is 361 g/mol. The van der Waals surface area contributed by atoms with Crippen LogP contribution in [0.1, 0.15) is 52.4 Å². The predicted molar refractivity (Wildman–Crippen MR) is 96.0 cm³/mol. The fourth-order valence-electron chi connectivity index (χ4n) is 3.41. The van der Waals surface area contributed by atoms with E-state index >= 15 is 0 Å². The molecule has 0 saturated carbocycles. The van der Waals surface area contributed by atoms with E-state index in [1.54, 1.807) is 0 Å². The van der Waals surface area contributed by atoms with E-state index in [-0.39, 0.29) is 48.4 Å². The van der Waals surface area contributed by atoms with Crippen LogP contribution in [0.25, 0.3) is 0 Å². The highest BCUT2D eigenvalue weighted by Crippen LogP contribution is 2.27. The molecule has 2 rings (SSSR count). The number of unbranched alkanes of at least 4 members (excludes halogenated alkanes) is 1. The molecule has 24 heavy (non-hydrogen) atoms. The number of carbonyl (C=O) groups is 2. The van der Waals surface area contributed by atoms with Gasteiger partial charge < -0.3 is 20.7 Å². The van der Waals surface area contributed by atoms with Crippen molar-refractivity contribution in [2.45, 2.75) is 70.6 Å². The summed E-state index contributed by atoms with van der Waals surface area (Å²) in [5.74, 6) is 0.00791. The van der Waals surface area contributed by atoms with E-state index in [4.69, 9.17) is 10.5 Å². The lowest BCUT2D eigenvalue weighted by atomic mass is 9.92. The quantitative estimate of drug-likeness (QED) is 0.701. The van der Waals surface area contributed by atoms with Crippen molar-refractivity contribution in [1.29, 1.82) is 0 Å². The van der Waals surface area contributed by atoms with E-state index in [2.05, 4.69) is 19.2 Å². The van der Waals surface area contributed by atoms with Gasteiger partial charge >= 0.3 is 0 Å². The van der Waals surface area contributed by atoms with Gasteiger partial charge in [-0.05, 0) is 39.0 Å². The largest absolute Gasteiger partial charge is 0.364 e. The smallest absolute Gasteiger partial charge is 0.251 e. The van der Waals surface area contributed by atoms with Crippen molar-refractivity contribution >= 4 is 24.2 Å². The lowest BCUT2D eigenvalue weighted by molar-refractivity contribution is -0.148. The summed E-state index contributed by atoms with van der Waals surface area (Å²) in [7, 11) is 0. The molecule has 7 heteroatoms. The average Bonchev–Trinajstić information content (AvgIpc) is 3.04. The van der Waals surface area contributed by atoms with Crippen LogP contribution < -0.4 is 11.1 Å². The number of nitrogens with two attached hydrogens (primary N) is 1. The minimum atomic E-state index is -0.382. The Hall–Kier alpha value is -0.850. The Morgan fingerprint density at radius 3 is 2.62 bits per heavy atom. The lowest BCUT2D eigenvalue weighted by Crippen LogP contribution is -2.52. The molecule has 2 amide bonds. The summed E-state index contributed by atoms with van der Waals surface area (Å²) >= 11 is 0. The summed E-state index contributed by atoms with van der Waals surface area (Å²) in [4.78, 5) is 26.8. The molecule has 2 heterocycles. The Kier molecular flexibility index (Phi) is 9.02. The number of hydrogen-bond donors (Lipinski definition) is 2. The zero-order valence-electron chi connectivity index (χ0n) is 14.8. The molecule has 2 fully saturated rings. The Balaban J connectivity index is 0.00000288. The number of carbonyl (C=O) groups excluding carboxylic acids is 2. The van der Waals surface area contributed by atoms with Crippen LogP contribution in [0, 0.1) is 5.92 Å². The summed E-state index contributed by atoms with van der Waals surface area (Å²) in [6, 6.07) is 0.169. The minimum absolute atomic E-state index is 0. The standard InChI is InChI=1S/C17H31N3O3.ClH/c1-3-4-9-19-16(21)13-6-5-12(2)20(11-13)17(22)15-8-7-14(10-18)23-15;/h12-15H,3-11,18H2,1-2H3,(H,19,21);1H/t12?,13?,14-,15+;/m1./s1. The molecular weight excluding hydrogens is 330 g/mol. The molecule has 0 radical (unpaired) electrons. The van der Waals surface area contributed by atoms with Gasteiger partial charge in [-0.15, -0.1) is 12.4 Å². The van der Waals surface area contributed by atoms with Gasteiger partial charge in [0.25, 0.3) is 5.91 Å². The van der Waals surface area contributed by atoms with E-state index in [0.717, 1.165) is 45.1 Å². The molecule has 2 saturated heterocycles. The van der Waals surface area contributed by atoms with Crippen molar-refractivity contribution in [1.82, 2.24) is 10.2 Å². The molecule has 0 aromatic carbocycles. The summed E-state index contributed by atoms with van der Waals surface area (Å²) in [6.07, 6.45) is 4.96. The zero-order valence-corrected chi connectivity index (χ0v) is 15.6. The van der Waals surface area contributed by atoms with E-state index in [9.17, 15) is 9.59 Å². The van der Waals surface area contributed by atoms with E-state index in [1.807, 2.05) is 4.90 Å². The third-order valence-corrected chi connectivity index (χ3v) is 5.01. The van der Waals surface area contributed by atoms with E-state index in [1.165, 1.54) is 0 Å². The third-order valence-electron chi connectivity index (χ3n) is 5.01. The number of nitrogens with zero attached hydrogens (tertiary/aromatic N) is 1. The van der Waals surface area contributed by atoms with Gasteiger partial charge in [0.1, 0.15) is 6.10 Å². The molecule has 0 aromatic rings. The van der Waals surface area contributed by atoms with Gasteiger partial charge in [0.15, 0.2) is 0 Å². The van der Waals surface area contributed by atoms with Gasteiger partial charge in [-0.2, -0.15) is 0 Å². The third kappa shape index (κ3) is 5.33. The Morgan fingerprint density at radius 1 is 1.25 bits per heavy atom. The fourth-order valence-corrected chi connectivity index (χ4v) is 3.41. The SMILES string of the molecule is CCCCNC(=O)C1CCC(C)N(C(=O)[C@@H]2CC[C@H](CN)O2)C1.Cl. The van der Waals surface area contributed by atoms with Crippen LogP contribution in [0.2, 0.25) is 0 Å². The van der Waals surface area contributed by atoms with Crippen LogP contribution in [-0.2, 0) is 14.3 Å². The topological polar surface area (TPSA) is 84.7 Å². The minimum Gasteiger partial charge on any atom is -0.364 e. The van der Waals surface area contributed by atoms with Gasteiger partial charge in [0.2, 0.25) is 5.91 Å². The van der Waals surface area contributed by atoms with E-state index in [0.29, 0.717) is 13.1 Å². The zero-order chi connectivity index (χ0) is 16.8. The second-order valence-electron chi connectivity index (χ2n) is 6.82. The predicted octanol–water partition coefficient (Wildman–Crippen LogP) is 1.46. The first-order chi connectivity index (χ1) is 11.1. The maximum Gasteiger partial charge on any atom is 0.251 e. The molecule has 0 bridgehead atoms. The molecule has 2 aliphatic rings. The molecular formula is C17H32ClN3O3. The number of likely N-dealkylation sites (tertiary alicyclic amines) is 1. The van der Waals surface area contributed by atoms with Crippen molar-refractivity contribution in [3.8, 4) is 0 Å². The summed E-state index contributed by atoms with van der Waals surface area (Å²) in [6.45, 7) is 5.84. The van der Waals surface area contributed by atoms with Crippen LogP contribution in [0.4, 0.5) is 0 Å². The molecule has 2 aliphatic heterocycles. The lowest BCUT2D eigenvalue weighted by Gasteiger charge is -2.38. The van der Waals surface area contributed by atoms with Gasteiger partial charge in [0, 0.05) is 25.7 Å². The van der Waals surface area contributed by atoms with Crippen LogP contribution >= 0.6 is 12.4 Å². The molecule has 0 spiro atoms. The second-order valence-corrected chi connectivity index (χ2v) is 6.82. The first-order valence-electron chi connectivity index (χ1n) is 9.00. The number of hydrogen-bond acceptors (Lipinski definition) is 4. The molecule has 0 aromatic heterocycles. The molecule has 2 unspecified atom stereocenters. The van der Waals surface area contributed by atoms with Crippen LogP contribution in [0.5, 0.6) is 0 Å². The Morgan fingerprint density at radius 2 is 2.00 bits per heavy atom. The Labute approximate surface area is 151 Å². The maximum atomic E-state index is 12.7. The van der Waals surface area contributed by atoms with Crippen molar-refractivity contribution in [3.63, 3.8) is 0 Å². The van der Waals surface area contributed by atoms with Gasteiger partial charge in [-0.3, -0.25) is 9.59 Å². The van der Waals surface area contributed by atoms with Crippen molar-refractivity contribution in [2.75, 3.05) is 19.6 Å². The molecule has 140 valence electrons. The first kappa shape index (κ1) is 21.2. The highest BCUT2D eigenvalue weighted by Gasteiger charge is 2.38. The number of ether oxygens (including phenoxy) is 1. The van der Waals surface area contributed by atoms with Gasteiger partial charge in [-0.1, -0.05) is 13.3 Å². The highest BCUT2D eigenvalue weighted by molar-refractivity contribution is 5.85. The number of rotatable bonds is 6.